The molecule has 1 aromatic rings. The van der Waals surface area contributed by atoms with Crippen LogP contribution in [0.4, 0.5) is 5.82 Å². The van der Waals surface area contributed by atoms with E-state index >= 15 is 0 Å². The summed E-state index contributed by atoms with van der Waals surface area (Å²) in [5.41, 5.74) is 5.82. The van der Waals surface area contributed by atoms with Crippen LogP contribution in [0.2, 0.25) is 0 Å². The lowest BCUT2D eigenvalue weighted by Gasteiger charge is -2.03. The normalized spacial score (nSPS) is 27.9. The molecule has 17 heavy (non-hydrogen) atoms. The van der Waals surface area contributed by atoms with Crippen LogP contribution in [0.3, 0.4) is 0 Å². The molecule has 2 fully saturated rings. The first-order valence-corrected chi connectivity index (χ1v) is 6.31. The fourth-order valence-electron chi connectivity index (χ4n) is 2.41. The molecule has 0 unspecified atom stereocenters. The van der Waals surface area contributed by atoms with E-state index in [1.54, 1.807) is 6.20 Å². The second kappa shape index (κ2) is 4.35. The van der Waals surface area contributed by atoms with Gasteiger partial charge in [-0.3, -0.25) is 4.99 Å². The van der Waals surface area contributed by atoms with Crippen LogP contribution in [-0.4, -0.2) is 17.5 Å². The lowest BCUT2D eigenvalue weighted by Crippen LogP contribution is -2.23. The van der Waals surface area contributed by atoms with Gasteiger partial charge in [0.1, 0.15) is 5.82 Å². The van der Waals surface area contributed by atoms with Crippen LogP contribution in [-0.2, 0) is 0 Å². The summed E-state index contributed by atoms with van der Waals surface area (Å²) in [4.78, 5) is 8.53. The second-order valence-electron chi connectivity index (χ2n) is 5.06. The van der Waals surface area contributed by atoms with Crippen LogP contribution in [0.5, 0.6) is 0 Å². The van der Waals surface area contributed by atoms with Crippen molar-refractivity contribution in [2.75, 3.05) is 11.9 Å². The second-order valence-corrected chi connectivity index (χ2v) is 5.06. The lowest BCUT2D eigenvalue weighted by atomic mass is 10.2. The molecule has 4 heteroatoms. The summed E-state index contributed by atoms with van der Waals surface area (Å²) in [6, 6.07) is 5.68. The molecule has 3 rings (SSSR count). The number of aromatic nitrogens is 1. The predicted molar refractivity (Wildman–Crippen MR) is 68.7 cm³/mol. The van der Waals surface area contributed by atoms with Gasteiger partial charge >= 0.3 is 0 Å². The molecule has 0 aromatic carbocycles. The maximum absolute atomic E-state index is 5.82. The van der Waals surface area contributed by atoms with Crippen molar-refractivity contribution >= 4 is 11.8 Å². The maximum Gasteiger partial charge on any atom is 0.194 e. The molecule has 2 saturated carbocycles. The number of hydrogen-bond donors (Lipinski definition) is 2. The van der Waals surface area contributed by atoms with Crippen LogP contribution in [0.1, 0.15) is 19.3 Å². The molecule has 0 radical (unpaired) electrons. The summed E-state index contributed by atoms with van der Waals surface area (Å²) >= 11 is 0. The minimum Gasteiger partial charge on any atom is -0.370 e. The SMILES string of the molecule is NC(=NC[C@@H]1C[C@H]1C1CC1)Nc1ccccn1. The van der Waals surface area contributed by atoms with Gasteiger partial charge in [-0.15, -0.1) is 0 Å². The van der Waals surface area contributed by atoms with Crippen molar-refractivity contribution in [3.8, 4) is 0 Å². The Morgan fingerprint density at radius 3 is 3.06 bits per heavy atom. The number of guanidine groups is 1. The Labute approximate surface area is 101 Å². The molecule has 0 spiro atoms. The van der Waals surface area contributed by atoms with Crippen LogP contribution in [0.25, 0.3) is 0 Å². The number of aliphatic imine (C=N–C) groups is 1. The van der Waals surface area contributed by atoms with Crippen LogP contribution in [0.15, 0.2) is 29.4 Å². The number of pyridine rings is 1. The minimum atomic E-state index is 0.477. The Kier molecular flexibility index (Phi) is 2.71. The van der Waals surface area contributed by atoms with Crippen molar-refractivity contribution in [2.24, 2.45) is 28.5 Å². The standard InChI is InChI=1S/C13H18N4/c14-13(17-12-3-1-2-6-15-12)16-8-10-7-11(10)9-4-5-9/h1-3,6,9-11H,4-5,7-8H2,(H3,14,15,16,17)/t10-,11-/m0/s1. The first kappa shape index (κ1) is 10.6. The van der Waals surface area contributed by atoms with E-state index in [2.05, 4.69) is 15.3 Å². The van der Waals surface area contributed by atoms with Crippen molar-refractivity contribution in [1.82, 2.24) is 4.98 Å². The Morgan fingerprint density at radius 1 is 1.47 bits per heavy atom. The lowest BCUT2D eigenvalue weighted by molar-refractivity contribution is 0.634. The number of hydrogen-bond acceptors (Lipinski definition) is 2. The molecule has 1 heterocycles. The predicted octanol–water partition coefficient (Wildman–Crippen LogP) is 1.85. The number of anilines is 1. The van der Waals surface area contributed by atoms with Gasteiger partial charge in [0.2, 0.25) is 0 Å². The van der Waals surface area contributed by atoms with E-state index < -0.39 is 0 Å². The molecule has 90 valence electrons. The van der Waals surface area contributed by atoms with Gasteiger partial charge in [0, 0.05) is 12.7 Å². The van der Waals surface area contributed by atoms with Crippen LogP contribution in [0, 0.1) is 17.8 Å². The fraction of sp³-hybridized carbons (Fsp3) is 0.538. The van der Waals surface area contributed by atoms with E-state index in [0.717, 1.165) is 30.1 Å². The van der Waals surface area contributed by atoms with Crippen LogP contribution < -0.4 is 11.1 Å². The maximum atomic E-state index is 5.82. The molecule has 1 aromatic heterocycles. The van der Waals surface area contributed by atoms with E-state index in [1.807, 2.05) is 18.2 Å². The van der Waals surface area contributed by atoms with Gasteiger partial charge in [0.05, 0.1) is 0 Å². The number of rotatable bonds is 4. The molecule has 0 saturated heterocycles. The van der Waals surface area contributed by atoms with Crippen molar-refractivity contribution in [2.45, 2.75) is 19.3 Å². The summed E-state index contributed by atoms with van der Waals surface area (Å²) in [5, 5.41) is 3.00. The monoisotopic (exact) mass is 230 g/mol. The van der Waals surface area contributed by atoms with Crippen molar-refractivity contribution < 1.29 is 0 Å². The summed E-state index contributed by atoms with van der Waals surface area (Å²) in [6.45, 7) is 0.868. The first-order valence-electron chi connectivity index (χ1n) is 6.31. The van der Waals surface area contributed by atoms with Gasteiger partial charge in [0.25, 0.3) is 0 Å². The van der Waals surface area contributed by atoms with Crippen molar-refractivity contribution in [1.29, 1.82) is 0 Å². The molecule has 2 aliphatic carbocycles. The summed E-state index contributed by atoms with van der Waals surface area (Å²) < 4.78 is 0. The van der Waals surface area contributed by atoms with Crippen molar-refractivity contribution in [3.05, 3.63) is 24.4 Å². The van der Waals surface area contributed by atoms with Gasteiger partial charge in [-0.2, -0.15) is 0 Å². The Morgan fingerprint density at radius 2 is 2.35 bits per heavy atom. The third-order valence-corrected chi connectivity index (χ3v) is 3.62. The number of nitrogens with one attached hydrogen (secondary N) is 1. The van der Waals surface area contributed by atoms with E-state index in [0.29, 0.717) is 5.96 Å². The highest BCUT2D eigenvalue weighted by atomic mass is 15.1. The third kappa shape index (κ3) is 2.75. The first-order chi connectivity index (χ1) is 8.33. The third-order valence-electron chi connectivity index (χ3n) is 3.62. The molecule has 2 aliphatic rings. The highest BCUT2D eigenvalue weighted by Crippen LogP contribution is 2.54. The Balaban J connectivity index is 1.47. The van der Waals surface area contributed by atoms with E-state index in [-0.39, 0.29) is 0 Å². The highest BCUT2D eigenvalue weighted by molar-refractivity contribution is 5.91. The molecule has 0 aliphatic heterocycles. The van der Waals surface area contributed by atoms with Gasteiger partial charge in [-0.05, 0) is 49.1 Å². The topological polar surface area (TPSA) is 63.3 Å². The molecule has 2 atom stereocenters. The van der Waals surface area contributed by atoms with E-state index in [9.17, 15) is 0 Å². The zero-order valence-corrected chi connectivity index (χ0v) is 9.84. The number of nitrogens with zero attached hydrogens (tertiary/aromatic N) is 2. The Hall–Kier alpha value is -1.58. The quantitative estimate of drug-likeness (QED) is 0.613. The minimum absolute atomic E-state index is 0.477. The molecule has 4 nitrogen and oxygen atoms in total. The smallest absolute Gasteiger partial charge is 0.194 e. The largest absolute Gasteiger partial charge is 0.370 e. The Bertz CT molecular complexity index is 411. The summed E-state index contributed by atoms with van der Waals surface area (Å²) in [5.74, 6) is 3.97. The zero-order valence-electron chi connectivity index (χ0n) is 9.84. The zero-order chi connectivity index (χ0) is 11.7. The molecule has 3 N–H and O–H groups in total. The average Bonchev–Trinajstić information content (AvgIpc) is 3.20. The molecule has 0 amide bonds. The molecule has 0 bridgehead atoms. The van der Waals surface area contributed by atoms with Gasteiger partial charge < -0.3 is 11.1 Å². The van der Waals surface area contributed by atoms with Gasteiger partial charge in [-0.25, -0.2) is 4.98 Å². The van der Waals surface area contributed by atoms with Crippen molar-refractivity contribution in [3.63, 3.8) is 0 Å². The van der Waals surface area contributed by atoms with E-state index in [4.69, 9.17) is 5.73 Å². The highest BCUT2D eigenvalue weighted by Gasteiger charge is 2.46. The molecular formula is C13H18N4. The molecular weight excluding hydrogens is 212 g/mol. The summed E-state index contributed by atoms with van der Waals surface area (Å²) in [6.07, 6.45) is 5.96. The number of nitrogens with two attached hydrogens (primary N) is 1. The van der Waals surface area contributed by atoms with E-state index in [1.165, 1.54) is 19.3 Å². The average molecular weight is 230 g/mol. The fourth-order valence-corrected chi connectivity index (χ4v) is 2.41. The van der Waals surface area contributed by atoms with Crippen LogP contribution >= 0.6 is 0 Å². The van der Waals surface area contributed by atoms with Gasteiger partial charge in [0.15, 0.2) is 5.96 Å². The summed E-state index contributed by atoms with van der Waals surface area (Å²) in [7, 11) is 0. The van der Waals surface area contributed by atoms with Gasteiger partial charge in [-0.1, -0.05) is 6.07 Å².